The van der Waals surface area contributed by atoms with Crippen LogP contribution in [0.5, 0.6) is 5.88 Å². The molecule has 22 heavy (non-hydrogen) atoms. The zero-order valence-corrected chi connectivity index (χ0v) is 12.7. The normalized spacial score (nSPS) is 15.0. The van der Waals surface area contributed by atoms with Gasteiger partial charge in [0.15, 0.2) is 0 Å². The smallest absolute Gasteiger partial charge is 0.235 e. The number of ether oxygens (including phenoxy) is 1. The fourth-order valence-electron chi connectivity index (χ4n) is 2.74. The molecule has 5 nitrogen and oxygen atoms in total. The van der Waals surface area contributed by atoms with Gasteiger partial charge in [0.1, 0.15) is 11.8 Å². The van der Waals surface area contributed by atoms with Crippen LogP contribution in [0, 0.1) is 13.8 Å². The van der Waals surface area contributed by atoms with E-state index in [0.717, 1.165) is 35.6 Å². The molecule has 1 aliphatic heterocycles. The van der Waals surface area contributed by atoms with Gasteiger partial charge in [-0.3, -0.25) is 0 Å². The summed E-state index contributed by atoms with van der Waals surface area (Å²) in [7, 11) is 0. The minimum Gasteiger partial charge on any atom is -0.470 e. The summed E-state index contributed by atoms with van der Waals surface area (Å²) in [5.74, 6) is 0.631. The van der Waals surface area contributed by atoms with Crippen molar-refractivity contribution in [3.63, 3.8) is 0 Å². The van der Waals surface area contributed by atoms with E-state index in [4.69, 9.17) is 4.74 Å². The summed E-state index contributed by atoms with van der Waals surface area (Å²) < 4.78 is 5.82. The van der Waals surface area contributed by atoms with Crippen LogP contribution in [0.1, 0.15) is 11.3 Å². The largest absolute Gasteiger partial charge is 0.470 e. The summed E-state index contributed by atoms with van der Waals surface area (Å²) in [5, 5.41) is 4.35. The number of para-hydroxylation sites is 1. The van der Waals surface area contributed by atoms with Gasteiger partial charge in [0.25, 0.3) is 0 Å². The third-order valence-electron chi connectivity index (χ3n) is 4.12. The van der Waals surface area contributed by atoms with Gasteiger partial charge in [0, 0.05) is 35.8 Å². The first-order valence-electron chi connectivity index (χ1n) is 7.50. The van der Waals surface area contributed by atoms with Crippen molar-refractivity contribution in [3.8, 4) is 17.1 Å². The number of rotatable bonds is 3. The number of benzene rings is 1. The molecular formula is C17H18N4O. The molecule has 0 atom stereocenters. The SMILES string of the molecule is Cc1nc(-c2c[nH]c3c(C)cccc23)cnc1OC1CNC1. The van der Waals surface area contributed by atoms with Crippen LogP contribution in [-0.4, -0.2) is 34.1 Å². The first-order valence-corrected chi connectivity index (χ1v) is 7.50. The topological polar surface area (TPSA) is 62.8 Å². The van der Waals surface area contributed by atoms with Crippen molar-refractivity contribution >= 4 is 10.9 Å². The van der Waals surface area contributed by atoms with Gasteiger partial charge in [-0.15, -0.1) is 0 Å². The fraction of sp³-hybridized carbons (Fsp3) is 0.294. The number of hydrogen-bond donors (Lipinski definition) is 2. The van der Waals surface area contributed by atoms with Crippen LogP contribution >= 0.6 is 0 Å². The summed E-state index contributed by atoms with van der Waals surface area (Å²) >= 11 is 0. The number of H-pyrrole nitrogens is 1. The maximum Gasteiger partial charge on any atom is 0.235 e. The van der Waals surface area contributed by atoms with E-state index in [2.05, 4.69) is 45.4 Å². The molecule has 5 heteroatoms. The number of aryl methyl sites for hydroxylation is 2. The zero-order chi connectivity index (χ0) is 15.1. The summed E-state index contributed by atoms with van der Waals surface area (Å²) in [4.78, 5) is 12.5. The molecule has 1 fully saturated rings. The van der Waals surface area contributed by atoms with Crippen molar-refractivity contribution in [2.45, 2.75) is 20.0 Å². The van der Waals surface area contributed by atoms with E-state index in [1.54, 1.807) is 6.20 Å². The Morgan fingerprint density at radius 3 is 2.82 bits per heavy atom. The molecule has 1 aliphatic rings. The molecule has 0 saturated carbocycles. The monoisotopic (exact) mass is 294 g/mol. The average Bonchev–Trinajstić information content (AvgIpc) is 2.89. The number of hydrogen-bond acceptors (Lipinski definition) is 4. The van der Waals surface area contributed by atoms with Crippen molar-refractivity contribution in [3.05, 3.63) is 41.9 Å². The van der Waals surface area contributed by atoms with E-state index in [1.165, 1.54) is 10.9 Å². The van der Waals surface area contributed by atoms with Crippen LogP contribution in [0.4, 0.5) is 0 Å². The number of fused-ring (bicyclic) bond motifs is 1. The van der Waals surface area contributed by atoms with Crippen molar-refractivity contribution in [2.75, 3.05) is 13.1 Å². The molecule has 2 N–H and O–H groups in total. The molecule has 4 rings (SSSR count). The Morgan fingerprint density at radius 2 is 2.09 bits per heavy atom. The van der Waals surface area contributed by atoms with Gasteiger partial charge >= 0.3 is 0 Å². The molecule has 0 unspecified atom stereocenters. The molecule has 0 bridgehead atoms. The van der Waals surface area contributed by atoms with Gasteiger partial charge in [-0.05, 0) is 19.4 Å². The minimum absolute atomic E-state index is 0.217. The lowest BCUT2D eigenvalue weighted by molar-refractivity contribution is 0.134. The van der Waals surface area contributed by atoms with Crippen LogP contribution in [0.15, 0.2) is 30.6 Å². The van der Waals surface area contributed by atoms with Crippen molar-refractivity contribution < 1.29 is 4.74 Å². The molecule has 2 aromatic heterocycles. The molecule has 0 spiro atoms. The highest BCUT2D eigenvalue weighted by Gasteiger charge is 2.20. The number of aromatic amines is 1. The van der Waals surface area contributed by atoms with Crippen LogP contribution in [0.3, 0.4) is 0 Å². The minimum atomic E-state index is 0.217. The second-order valence-electron chi connectivity index (χ2n) is 5.74. The first-order chi connectivity index (χ1) is 10.7. The van der Waals surface area contributed by atoms with Gasteiger partial charge in [-0.25, -0.2) is 9.97 Å². The Bertz CT molecular complexity index is 836. The number of aromatic nitrogens is 3. The maximum atomic E-state index is 5.82. The fourth-order valence-corrected chi connectivity index (χ4v) is 2.74. The lowest BCUT2D eigenvalue weighted by Crippen LogP contribution is -2.50. The van der Waals surface area contributed by atoms with Crippen LogP contribution in [0.25, 0.3) is 22.2 Å². The highest BCUT2D eigenvalue weighted by atomic mass is 16.5. The predicted octanol–water partition coefficient (Wildman–Crippen LogP) is 2.59. The first kappa shape index (κ1) is 13.3. The Kier molecular flexibility index (Phi) is 3.08. The zero-order valence-electron chi connectivity index (χ0n) is 12.7. The average molecular weight is 294 g/mol. The maximum absolute atomic E-state index is 5.82. The molecular weight excluding hydrogens is 276 g/mol. The Morgan fingerprint density at radius 1 is 1.23 bits per heavy atom. The Balaban J connectivity index is 1.72. The summed E-state index contributed by atoms with van der Waals surface area (Å²) in [6.07, 6.45) is 4.01. The van der Waals surface area contributed by atoms with E-state index in [-0.39, 0.29) is 6.10 Å². The molecule has 3 aromatic rings. The van der Waals surface area contributed by atoms with Gasteiger partial charge in [-0.1, -0.05) is 18.2 Å². The quantitative estimate of drug-likeness (QED) is 0.779. The van der Waals surface area contributed by atoms with Crippen molar-refractivity contribution in [1.82, 2.24) is 20.3 Å². The van der Waals surface area contributed by atoms with Crippen LogP contribution < -0.4 is 10.1 Å². The standard InChI is InChI=1S/C17H18N4O/c1-10-4-3-5-13-14(8-19-16(10)13)15-9-20-17(11(2)21-15)22-12-6-18-7-12/h3-5,8-9,12,18-19H,6-7H2,1-2H3. The van der Waals surface area contributed by atoms with E-state index >= 15 is 0 Å². The van der Waals surface area contributed by atoms with E-state index in [0.29, 0.717) is 5.88 Å². The molecule has 1 saturated heterocycles. The van der Waals surface area contributed by atoms with Gasteiger partial charge in [0.05, 0.1) is 11.9 Å². The lowest BCUT2D eigenvalue weighted by atomic mass is 10.1. The summed E-state index contributed by atoms with van der Waals surface area (Å²) in [5.41, 5.74) is 5.15. The molecule has 0 radical (unpaired) electrons. The third-order valence-corrected chi connectivity index (χ3v) is 4.12. The number of nitrogens with one attached hydrogen (secondary N) is 2. The lowest BCUT2D eigenvalue weighted by Gasteiger charge is -2.27. The molecule has 0 amide bonds. The summed E-state index contributed by atoms with van der Waals surface area (Å²) in [6.45, 7) is 5.80. The highest BCUT2D eigenvalue weighted by molar-refractivity contribution is 5.96. The van der Waals surface area contributed by atoms with Gasteiger partial charge < -0.3 is 15.0 Å². The van der Waals surface area contributed by atoms with E-state index < -0.39 is 0 Å². The molecule has 0 aliphatic carbocycles. The van der Waals surface area contributed by atoms with Crippen LogP contribution in [-0.2, 0) is 0 Å². The summed E-state index contributed by atoms with van der Waals surface area (Å²) in [6, 6.07) is 6.27. The van der Waals surface area contributed by atoms with E-state index in [9.17, 15) is 0 Å². The molecule has 3 heterocycles. The van der Waals surface area contributed by atoms with Crippen LogP contribution in [0.2, 0.25) is 0 Å². The second kappa shape index (κ2) is 5.10. The Hall–Kier alpha value is -2.40. The molecule has 112 valence electrons. The van der Waals surface area contributed by atoms with Crippen molar-refractivity contribution in [2.24, 2.45) is 0 Å². The van der Waals surface area contributed by atoms with Gasteiger partial charge in [-0.2, -0.15) is 0 Å². The van der Waals surface area contributed by atoms with Gasteiger partial charge in [0.2, 0.25) is 5.88 Å². The van der Waals surface area contributed by atoms with Crippen molar-refractivity contribution in [1.29, 1.82) is 0 Å². The Labute approximate surface area is 128 Å². The van der Waals surface area contributed by atoms with E-state index in [1.807, 2.05) is 13.1 Å². The number of nitrogens with zero attached hydrogens (tertiary/aromatic N) is 2. The predicted molar refractivity (Wildman–Crippen MR) is 86.1 cm³/mol. The molecule has 1 aromatic carbocycles. The highest BCUT2D eigenvalue weighted by Crippen LogP contribution is 2.29. The second-order valence-corrected chi connectivity index (χ2v) is 5.74. The third kappa shape index (κ3) is 2.14.